The summed E-state index contributed by atoms with van der Waals surface area (Å²) in [6, 6.07) is 1.73. The summed E-state index contributed by atoms with van der Waals surface area (Å²) in [6.07, 6.45) is 3.29. The van der Waals surface area contributed by atoms with Crippen LogP contribution in [0.15, 0.2) is 10.6 Å². The highest BCUT2D eigenvalue weighted by molar-refractivity contribution is 5.92. The Bertz CT molecular complexity index is 317. The van der Waals surface area contributed by atoms with Gasteiger partial charge in [0.25, 0.3) is 5.91 Å². The molecule has 1 saturated carbocycles. The zero-order valence-corrected chi connectivity index (χ0v) is 7.12. The van der Waals surface area contributed by atoms with E-state index in [1.165, 1.54) is 12.5 Å². The Morgan fingerprint density at radius 1 is 1.69 bits per heavy atom. The number of rotatable bonds is 2. The zero-order chi connectivity index (χ0) is 9.26. The summed E-state index contributed by atoms with van der Waals surface area (Å²) >= 11 is 0. The Kier molecular flexibility index (Phi) is 1.92. The number of anilines is 1. The normalized spacial score (nSPS) is 16.6. The molecule has 1 aromatic heterocycles. The van der Waals surface area contributed by atoms with E-state index in [4.69, 9.17) is 10.3 Å². The number of aromatic nitrogens is 1. The first-order valence-electron chi connectivity index (χ1n) is 4.29. The van der Waals surface area contributed by atoms with Gasteiger partial charge in [-0.25, -0.2) is 0 Å². The topological polar surface area (TPSA) is 81.2 Å². The number of carbonyl (C=O) groups is 1. The third-order valence-electron chi connectivity index (χ3n) is 2.19. The molecule has 0 aromatic carbocycles. The molecule has 1 amide bonds. The minimum Gasteiger partial charge on any atom is -0.381 e. The zero-order valence-electron chi connectivity index (χ0n) is 7.12. The Morgan fingerprint density at radius 3 is 2.92 bits per heavy atom. The van der Waals surface area contributed by atoms with Gasteiger partial charge in [-0.2, -0.15) is 0 Å². The van der Waals surface area contributed by atoms with Crippen LogP contribution in [0.4, 0.5) is 5.82 Å². The molecule has 13 heavy (non-hydrogen) atoms. The third kappa shape index (κ3) is 1.63. The second-order valence-corrected chi connectivity index (χ2v) is 3.22. The van der Waals surface area contributed by atoms with E-state index < -0.39 is 0 Å². The summed E-state index contributed by atoms with van der Waals surface area (Å²) in [6.45, 7) is 0. The van der Waals surface area contributed by atoms with Crippen molar-refractivity contribution in [2.45, 2.75) is 25.3 Å². The number of nitrogen functional groups attached to an aromatic ring is 1. The smallest absolute Gasteiger partial charge is 0.290 e. The minimum atomic E-state index is -0.228. The van der Waals surface area contributed by atoms with E-state index in [1.54, 1.807) is 0 Å². The Labute approximate surface area is 75.3 Å². The van der Waals surface area contributed by atoms with Crippen molar-refractivity contribution in [3.63, 3.8) is 0 Å². The SMILES string of the molecule is Nc1cc(C(=O)NC2CCC2)on1. The van der Waals surface area contributed by atoms with Crippen LogP contribution in [0.3, 0.4) is 0 Å². The van der Waals surface area contributed by atoms with Gasteiger partial charge in [0, 0.05) is 12.1 Å². The van der Waals surface area contributed by atoms with Crippen molar-refractivity contribution >= 4 is 11.7 Å². The van der Waals surface area contributed by atoms with Crippen molar-refractivity contribution in [3.05, 3.63) is 11.8 Å². The number of amides is 1. The molecule has 70 valence electrons. The molecule has 1 heterocycles. The Balaban J connectivity index is 1.96. The summed E-state index contributed by atoms with van der Waals surface area (Å²) in [5, 5.41) is 6.25. The van der Waals surface area contributed by atoms with E-state index in [0.29, 0.717) is 6.04 Å². The van der Waals surface area contributed by atoms with Gasteiger partial charge in [0.2, 0.25) is 5.76 Å². The molecule has 0 unspecified atom stereocenters. The first-order chi connectivity index (χ1) is 6.25. The van der Waals surface area contributed by atoms with Gasteiger partial charge in [0.15, 0.2) is 5.82 Å². The molecule has 0 aliphatic heterocycles. The van der Waals surface area contributed by atoms with Gasteiger partial charge in [-0.05, 0) is 19.3 Å². The van der Waals surface area contributed by atoms with Crippen molar-refractivity contribution in [3.8, 4) is 0 Å². The number of nitrogens with one attached hydrogen (secondary N) is 1. The maximum Gasteiger partial charge on any atom is 0.290 e. The fourth-order valence-electron chi connectivity index (χ4n) is 1.21. The fourth-order valence-corrected chi connectivity index (χ4v) is 1.21. The number of carbonyl (C=O) groups excluding carboxylic acids is 1. The van der Waals surface area contributed by atoms with Crippen molar-refractivity contribution in [2.75, 3.05) is 5.73 Å². The molecular weight excluding hydrogens is 170 g/mol. The van der Waals surface area contributed by atoms with Gasteiger partial charge in [-0.3, -0.25) is 4.79 Å². The van der Waals surface area contributed by atoms with Gasteiger partial charge >= 0.3 is 0 Å². The van der Waals surface area contributed by atoms with Crippen LogP contribution < -0.4 is 11.1 Å². The van der Waals surface area contributed by atoms with Crippen molar-refractivity contribution in [2.24, 2.45) is 0 Å². The average molecular weight is 181 g/mol. The number of hydrogen-bond acceptors (Lipinski definition) is 4. The highest BCUT2D eigenvalue weighted by atomic mass is 16.5. The van der Waals surface area contributed by atoms with Crippen LogP contribution in [-0.2, 0) is 0 Å². The summed E-state index contributed by atoms with van der Waals surface area (Å²) < 4.78 is 4.71. The van der Waals surface area contributed by atoms with Crippen LogP contribution in [0.5, 0.6) is 0 Å². The van der Waals surface area contributed by atoms with E-state index in [-0.39, 0.29) is 17.5 Å². The Morgan fingerprint density at radius 2 is 2.46 bits per heavy atom. The van der Waals surface area contributed by atoms with Gasteiger partial charge < -0.3 is 15.6 Å². The lowest BCUT2D eigenvalue weighted by Gasteiger charge is -2.25. The molecule has 5 nitrogen and oxygen atoms in total. The van der Waals surface area contributed by atoms with Crippen LogP contribution in [0.25, 0.3) is 0 Å². The largest absolute Gasteiger partial charge is 0.381 e. The second-order valence-electron chi connectivity index (χ2n) is 3.22. The molecule has 0 saturated heterocycles. The van der Waals surface area contributed by atoms with Crippen molar-refractivity contribution in [1.29, 1.82) is 0 Å². The summed E-state index contributed by atoms with van der Waals surface area (Å²) in [5.41, 5.74) is 5.31. The van der Waals surface area contributed by atoms with E-state index >= 15 is 0 Å². The Hall–Kier alpha value is -1.52. The monoisotopic (exact) mass is 181 g/mol. The van der Waals surface area contributed by atoms with Crippen LogP contribution >= 0.6 is 0 Å². The second kappa shape index (κ2) is 3.08. The molecule has 0 spiro atoms. The summed E-state index contributed by atoms with van der Waals surface area (Å²) in [7, 11) is 0. The lowest BCUT2D eigenvalue weighted by molar-refractivity contribution is 0.0879. The van der Waals surface area contributed by atoms with Gasteiger partial charge in [-0.1, -0.05) is 5.16 Å². The summed E-state index contributed by atoms with van der Waals surface area (Å²) in [5.74, 6) is 0.192. The molecule has 1 aliphatic carbocycles. The highest BCUT2D eigenvalue weighted by Gasteiger charge is 2.21. The number of nitrogens with zero attached hydrogens (tertiary/aromatic N) is 1. The number of nitrogens with two attached hydrogens (primary N) is 1. The molecular formula is C8H11N3O2. The summed E-state index contributed by atoms with van der Waals surface area (Å²) in [4.78, 5) is 11.4. The van der Waals surface area contributed by atoms with Gasteiger partial charge in [0.1, 0.15) is 0 Å². The molecule has 1 fully saturated rings. The van der Waals surface area contributed by atoms with Crippen LogP contribution in [0.2, 0.25) is 0 Å². The molecule has 1 aromatic rings. The molecule has 0 radical (unpaired) electrons. The predicted octanol–water partition coefficient (Wildman–Crippen LogP) is 0.539. The maximum absolute atomic E-state index is 11.4. The highest BCUT2D eigenvalue weighted by Crippen LogP contribution is 2.18. The fraction of sp³-hybridized carbons (Fsp3) is 0.500. The molecule has 0 atom stereocenters. The molecule has 3 N–H and O–H groups in total. The lowest BCUT2D eigenvalue weighted by atomic mass is 9.93. The lowest BCUT2D eigenvalue weighted by Crippen LogP contribution is -2.39. The standard InChI is InChI=1S/C8H11N3O2/c9-7-4-6(13-11-7)8(12)10-5-2-1-3-5/h4-5H,1-3H2,(H2,9,11)(H,10,12). The predicted molar refractivity (Wildman–Crippen MR) is 46.0 cm³/mol. The molecule has 5 heteroatoms. The van der Waals surface area contributed by atoms with E-state index in [0.717, 1.165) is 12.8 Å². The maximum atomic E-state index is 11.4. The van der Waals surface area contributed by atoms with Crippen LogP contribution in [-0.4, -0.2) is 17.1 Å². The first kappa shape index (κ1) is 8.10. The van der Waals surface area contributed by atoms with Gasteiger partial charge in [0.05, 0.1) is 0 Å². The van der Waals surface area contributed by atoms with E-state index in [9.17, 15) is 4.79 Å². The van der Waals surface area contributed by atoms with Crippen molar-refractivity contribution in [1.82, 2.24) is 10.5 Å². The van der Waals surface area contributed by atoms with Crippen LogP contribution in [0.1, 0.15) is 29.8 Å². The van der Waals surface area contributed by atoms with Crippen LogP contribution in [0, 0.1) is 0 Å². The van der Waals surface area contributed by atoms with Gasteiger partial charge in [-0.15, -0.1) is 0 Å². The first-order valence-corrected chi connectivity index (χ1v) is 4.29. The third-order valence-corrected chi connectivity index (χ3v) is 2.19. The van der Waals surface area contributed by atoms with E-state index in [1.807, 2.05) is 0 Å². The quantitative estimate of drug-likeness (QED) is 0.697. The van der Waals surface area contributed by atoms with E-state index in [2.05, 4.69) is 10.5 Å². The molecule has 0 bridgehead atoms. The molecule has 1 aliphatic rings. The minimum absolute atomic E-state index is 0.185. The van der Waals surface area contributed by atoms with Crippen molar-refractivity contribution < 1.29 is 9.32 Å². The average Bonchev–Trinajstić information content (AvgIpc) is 2.44. The number of hydrogen-bond donors (Lipinski definition) is 2. The molecule has 2 rings (SSSR count).